The van der Waals surface area contributed by atoms with Gasteiger partial charge in [-0.1, -0.05) is 0 Å². The van der Waals surface area contributed by atoms with E-state index in [4.69, 9.17) is 0 Å². The number of amides is 3. The number of anilines is 1. The Morgan fingerprint density at radius 3 is 2.66 bits per heavy atom. The van der Waals surface area contributed by atoms with Crippen LogP contribution in [0.5, 0.6) is 0 Å². The van der Waals surface area contributed by atoms with Crippen LogP contribution in [0.1, 0.15) is 30.7 Å². The topological polar surface area (TPSA) is 103 Å². The van der Waals surface area contributed by atoms with Crippen LogP contribution in [0.4, 0.5) is 17.1 Å². The molecule has 10 heteroatoms. The number of imide groups is 1. The number of hydrogen-bond donors (Lipinski definition) is 2. The van der Waals surface area contributed by atoms with Crippen molar-refractivity contribution in [1.29, 1.82) is 0 Å². The normalized spacial score (nSPS) is 20.7. The third-order valence-corrected chi connectivity index (χ3v) is 7.62. The molecule has 0 aromatic heterocycles. The Morgan fingerprint density at radius 1 is 1.12 bits per heavy atom. The Kier molecular flexibility index (Phi) is 7.18. The molecule has 0 unspecified atom stereocenters. The van der Waals surface area contributed by atoms with Crippen molar-refractivity contribution in [1.82, 2.24) is 10.6 Å². The molecular weight excluding hydrogens is 520 g/mol. The van der Waals surface area contributed by atoms with E-state index in [1.165, 1.54) is 0 Å². The Balaban J connectivity index is 1.58. The van der Waals surface area contributed by atoms with E-state index in [1.807, 2.05) is 48.5 Å². The Labute approximate surface area is 197 Å². The number of halogens is 1. The van der Waals surface area contributed by atoms with Crippen molar-refractivity contribution in [3.05, 3.63) is 54.1 Å². The van der Waals surface area contributed by atoms with E-state index in [1.54, 1.807) is 0 Å². The standard InChI is InChI=1S/C22H23BIN5O3/c1-23-24-29-12-11-16(21(31)25-18-8-10-20(30)26-22(18)32)17-13-15(7-9-19(17)29)28-27-14-5-3-2-4-6-14/h2-7,9,13,16,18H,8,10-12H2,1H3,(H,25,31)(H,26,30,32)/q-1/t16-,18-/m0/s1. The van der Waals surface area contributed by atoms with Gasteiger partial charge in [0.2, 0.25) is 0 Å². The van der Waals surface area contributed by atoms with E-state index >= 15 is 0 Å². The molecule has 2 heterocycles. The molecule has 1 radical (unpaired) electrons. The first-order valence-electron chi connectivity index (χ1n) is 10.5. The van der Waals surface area contributed by atoms with Crippen molar-refractivity contribution in [3.63, 3.8) is 0 Å². The second-order valence-electron chi connectivity index (χ2n) is 7.53. The first-order chi connectivity index (χ1) is 15.5. The Morgan fingerprint density at radius 2 is 1.91 bits per heavy atom. The number of piperidine rings is 1. The van der Waals surface area contributed by atoms with E-state index in [0.717, 1.165) is 23.5 Å². The number of rotatable bonds is 6. The molecule has 1 fully saturated rings. The average molecular weight is 543 g/mol. The van der Waals surface area contributed by atoms with Crippen molar-refractivity contribution in [3.8, 4) is 0 Å². The fourth-order valence-corrected chi connectivity index (χ4v) is 5.80. The fourth-order valence-electron chi connectivity index (χ4n) is 3.83. The average Bonchev–Trinajstić information content (AvgIpc) is 2.80. The molecule has 32 heavy (non-hydrogen) atoms. The van der Waals surface area contributed by atoms with Crippen LogP contribution in [0, 0.1) is 0 Å². The molecule has 2 aromatic rings. The molecular formula is C22H23BIN5O3-. The van der Waals surface area contributed by atoms with Gasteiger partial charge >= 0.3 is 198 Å². The molecule has 2 atom stereocenters. The summed E-state index contributed by atoms with van der Waals surface area (Å²) in [4.78, 5) is 36.7. The van der Waals surface area contributed by atoms with Gasteiger partial charge in [-0.2, -0.15) is 0 Å². The summed E-state index contributed by atoms with van der Waals surface area (Å²) in [6.07, 6.45) is 1.20. The van der Waals surface area contributed by atoms with Gasteiger partial charge in [-0.05, 0) is 0 Å². The second-order valence-corrected chi connectivity index (χ2v) is 10.5. The first kappa shape index (κ1) is 22.4. The van der Waals surface area contributed by atoms with Crippen LogP contribution in [0.3, 0.4) is 0 Å². The zero-order chi connectivity index (χ0) is 22.5. The summed E-state index contributed by atoms with van der Waals surface area (Å²) >= 11 is -0.285. The zero-order valence-electron chi connectivity index (χ0n) is 17.6. The SMILES string of the molecule is C[B][I-]N1CC[C@H](C(=O)N[C@H]2CCC(=O)NC2=O)c2cc(N=Nc3ccccc3)ccc21. The summed E-state index contributed by atoms with van der Waals surface area (Å²) in [7, 11) is 0. The minimum atomic E-state index is -0.681. The van der Waals surface area contributed by atoms with Gasteiger partial charge in [-0.15, -0.1) is 0 Å². The van der Waals surface area contributed by atoms with Gasteiger partial charge in [0.25, 0.3) is 0 Å². The molecule has 2 aromatic carbocycles. The minimum absolute atomic E-state index is 0.198. The summed E-state index contributed by atoms with van der Waals surface area (Å²) in [5, 5.41) is 16.0. The number of azo groups is 1. The van der Waals surface area contributed by atoms with Gasteiger partial charge in [-0.3, -0.25) is 0 Å². The molecule has 165 valence electrons. The molecule has 1 saturated heterocycles. The number of carbonyl (C=O) groups excluding carboxylic acids is 3. The fraction of sp³-hybridized carbons (Fsp3) is 0.318. The van der Waals surface area contributed by atoms with Crippen molar-refractivity contribution in [2.24, 2.45) is 10.2 Å². The van der Waals surface area contributed by atoms with Crippen LogP contribution >= 0.6 is 0 Å². The molecule has 0 spiro atoms. The van der Waals surface area contributed by atoms with E-state index in [2.05, 4.69) is 35.9 Å². The molecule has 2 aliphatic rings. The van der Waals surface area contributed by atoms with Crippen molar-refractivity contribution in [2.75, 3.05) is 9.66 Å². The summed E-state index contributed by atoms with van der Waals surface area (Å²) in [5.41, 5.74) is 3.36. The first-order valence-corrected chi connectivity index (χ1v) is 12.7. The van der Waals surface area contributed by atoms with E-state index in [-0.39, 0.29) is 45.4 Å². The van der Waals surface area contributed by atoms with Crippen molar-refractivity contribution >= 4 is 39.9 Å². The molecule has 0 saturated carbocycles. The van der Waals surface area contributed by atoms with Crippen LogP contribution in [-0.4, -0.2) is 35.4 Å². The van der Waals surface area contributed by atoms with E-state index < -0.39 is 11.9 Å². The predicted octanol–water partition coefficient (Wildman–Crippen LogP) is -0.0116. The van der Waals surface area contributed by atoms with Gasteiger partial charge in [0.05, 0.1) is 0 Å². The predicted molar refractivity (Wildman–Crippen MR) is 118 cm³/mol. The van der Waals surface area contributed by atoms with Gasteiger partial charge in [0.1, 0.15) is 0 Å². The summed E-state index contributed by atoms with van der Waals surface area (Å²) in [6.45, 7) is 2.83. The van der Waals surface area contributed by atoms with Crippen molar-refractivity contribution < 1.29 is 35.6 Å². The Bertz CT molecular complexity index is 1050. The molecule has 2 aliphatic heterocycles. The summed E-state index contributed by atoms with van der Waals surface area (Å²) in [6, 6.07) is 14.6. The number of nitrogens with one attached hydrogen (secondary N) is 2. The number of nitrogens with zero attached hydrogens (tertiary/aromatic N) is 3. The summed E-state index contributed by atoms with van der Waals surface area (Å²) in [5.74, 6) is -1.33. The van der Waals surface area contributed by atoms with E-state index in [9.17, 15) is 14.4 Å². The molecule has 2 N–H and O–H groups in total. The Hall–Kier alpha value is -2.76. The molecule has 0 bridgehead atoms. The molecule has 8 nitrogen and oxygen atoms in total. The third-order valence-electron chi connectivity index (χ3n) is 5.39. The zero-order valence-corrected chi connectivity index (χ0v) is 19.8. The van der Waals surface area contributed by atoms with Gasteiger partial charge in [0, 0.05) is 0 Å². The van der Waals surface area contributed by atoms with Gasteiger partial charge < -0.3 is 0 Å². The van der Waals surface area contributed by atoms with Crippen LogP contribution in [0.25, 0.3) is 0 Å². The van der Waals surface area contributed by atoms with Gasteiger partial charge in [0.15, 0.2) is 0 Å². The monoisotopic (exact) mass is 543 g/mol. The van der Waals surface area contributed by atoms with Crippen LogP contribution < -0.4 is 35.0 Å². The molecule has 0 aliphatic carbocycles. The second kappa shape index (κ2) is 10.2. The van der Waals surface area contributed by atoms with Gasteiger partial charge in [-0.25, -0.2) is 0 Å². The van der Waals surface area contributed by atoms with Crippen LogP contribution in [0.2, 0.25) is 6.82 Å². The number of benzene rings is 2. The van der Waals surface area contributed by atoms with Crippen LogP contribution in [0.15, 0.2) is 58.8 Å². The molecule has 3 amide bonds. The van der Waals surface area contributed by atoms with Crippen molar-refractivity contribution in [2.45, 2.75) is 38.0 Å². The number of fused-ring (bicyclic) bond motifs is 1. The molecule has 4 rings (SSSR count). The maximum absolute atomic E-state index is 13.2. The van der Waals surface area contributed by atoms with E-state index in [0.29, 0.717) is 18.5 Å². The quantitative estimate of drug-likeness (QED) is 0.176. The maximum atomic E-state index is 13.2. The number of hydrogen-bond acceptors (Lipinski definition) is 6. The summed E-state index contributed by atoms with van der Waals surface area (Å²) < 4.78 is 2.34. The van der Waals surface area contributed by atoms with Crippen LogP contribution in [-0.2, 0) is 14.4 Å². The third kappa shape index (κ3) is 5.17. The number of carbonyl (C=O) groups is 3.